The second-order valence-electron chi connectivity index (χ2n) is 7.74. The molecule has 0 fully saturated rings. The zero-order valence-electron chi connectivity index (χ0n) is 20.2. The molecule has 2 atom stereocenters. The summed E-state index contributed by atoms with van der Waals surface area (Å²) in [6.07, 6.45) is 3.68. The molecule has 1 N–H and O–H groups in total. The van der Waals surface area contributed by atoms with E-state index in [1.54, 1.807) is 32.0 Å². The number of ether oxygens (including phenoxy) is 3. The van der Waals surface area contributed by atoms with Gasteiger partial charge in [-0.1, -0.05) is 31.5 Å². The molecule has 35 heavy (non-hydrogen) atoms. The van der Waals surface area contributed by atoms with Gasteiger partial charge in [0.05, 0.1) is 24.5 Å². The Balaban J connectivity index is 2.03. The molecule has 0 saturated heterocycles. The van der Waals surface area contributed by atoms with Crippen LogP contribution in [0.4, 0.5) is 5.95 Å². The summed E-state index contributed by atoms with van der Waals surface area (Å²) in [4.78, 5) is 8.32. The first-order chi connectivity index (χ1) is 16.7. The van der Waals surface area contributed by atoms with E-state index < -0.39 is 21.2 Å². The number of para-hydroxylation sites is 1. The maximum Gasteiger partial charge on any atom is 0.243 e. The highest BCUT2D eigenvalue weighted by Crippen LogP contribution is 2.36. The predicted octanol–water partition coefficient (Wildman–Crippen LogP) is 3.59. The van der Waals surface area contributed by atoms with E-state index in [1.165, 1.54) is 31.2 Å². The van der Waals surface area contributed by atoms with Crippen LogP contribution in [0.2, 0.25) is 5.02 Å². The van der Waals surface area contributed by atoms with Gasteiger partial charge in [-0.2, -0.15) is 0 Å². The monoisotopic (exact) mass is 524 g/mol. The third-order valence-electron chi connectivity index (χ3n) is 5.41. The first-order valence-electron chi connectivity index (χ1n) is 11.0. The minimum absolute atomic E-state index is 0.0287. The maximum absolute atomic E-state index is 13.4. The fourth-order valence-electron chi connectivity index (χ4n) is 3.33. The molecule has 0 aliphatic rings. The van der Waals surface area contributed by atoms with E-state index in [2.05, 4.69) is 24.9 Å². The molecule has 11 nitrogen and oxygen atoms in total. The standard InChI is InChI=1S/C22H29ClN6O5S/c1-6-10-34-13-19-26-27-22(29(19)20-17(32-4)8-7-9-18(20)33-5)28-35(30,31)15(3)14(2)21-24-11-16(23)12-25-21/h7-9,11-12,14-15H,6,10,13H2,1-5H3,(H,27,28)/t14-,15-/m0/s1. The summed E-state index contributed by atoms with van der Waals surface area (Å²) >= 11 is 5.86. The van der Waals surface area contributed by atoms with Crippen molar-refractivity contribution in [2.24, 2.45) is 0 Å². The van der Waals surface area contributed by atoms with E-state index in [-0.39, 0.29) is 12.6 Å². The quantitative estimate of drug-likeness (QED) is 0.353. The van der Waals surface area contributed by atoms with Gasteiger partial charge in [0.2, 0.25) is 16.0 Å². The van der Waals surface area contributed by atoms with Crippen molar-refractivity contribution in [3.05, 3.63) is 47.3 Å². The van der Waals surface area contributed by atoms with Crippen LogP contribution in [0.3, 0.4) is 0 Å². The maximum atomic E-state index is 13.4. The van der Waals surface area contributed by atoms with Gasteiger partial charge < -0.3 is 14.2 Å². The second kappa shape index (κ2) is 11.6. The smallest absolute Gasteiger partial charge is 0.243 e. The Morgan fingerprint density at radius 2 is 1.71 bits per heavy atom. The average molecular weight is 525 g/mol. The number of hydrogen-bond donors (Lipinski definition) is 1. The number of aromatic nitrogens is 5. The molecule has 3 rings (SSSR count). The first kappa shape index (κ1) is 26.6. The number of hydrogen-bond acceptors (Lipinski definition) is 9. The Hall–Kier alpha value is -2.96. The van der Waals surface area contributed by atoms with Gasteiger partial charge >= 0.3 is 0 Å². The second-order valence-corrected chi connectivity index (χ2v) is 10.2. The molecule has 13 heteroatoms. The van der Waals surface area contributed by atoms with Gasteiger partial charge in [0.25, 0.3) is 0 Å². The number of benzene rings is 1. The topological polar surface area (TPSA) is 130 Å². The van der Waals surface area contributed by atoms with Gasteiger partial charge in [0.15, 0.2) is 5.82 Å². The first-order valence-corrected chi connectivity index (χ1v) is 12.9. The highest BCUT2D eigenvalue weighted by atomic mass is 35.5. The van der Waals surface area contributed by atoms with Crippen molar-refractivity contribution < 1.29 is 22.6 Å². The number of anilines is 1. The summed E-state index contributed by atoms with van der Waals surface area (Å²) in [7, 11) is -0.942. The van der Waals surface area contributed by atoms with E-state index in [0.717, 1.165) is 6.42 Å². The molecule has 0 saturated carbocycles. The van der Waals surface area contributed by atoms with Crippen LogP contribution in [0.25, 0.3) is 5.69 Å². The lowest BCUT2D eigenvalue weighted by atomic mass is 10.1. The lowest BCUT2D eigenvalue weighted by molar-refractivity contribution is 0.115. The Labute approximate surface area is 209 Å². The summed E-state index contributed by atoms with van der Waals surface area (Å²) in [6, 6.07) is 5.23. The number of nitrogens with one attached hydrogen (secondary N) is 1. The van der Waals surface area contributed by atoms with Crippen molar-refractivity contribution in [3.8, 4) is 17.2 Å². The Kier molecular flexibility index (Phi) is 8.87. The molecular weight excluding hydrogens is 496 g/mol. The van der Waals surface area contributed by atoms with Crippen molar-refractivity contribution in [1.82, 2.24) is 24.7 Å². The number of sulfonamides is 1. The van der Waals surface area contributed by atoms with Gasteiger partial charge in [-0.25, -0.2) is 18.4 Å². The summed E-state index contributed by atoms with van der Waals surface area (Å²) in [5, 5.41) is 7.76. The minimum atomic E-state index is -3.96. The lowest BCUT2D eigenvalue weighted by Crippen LogP contribution is -2.31. The molecule has 1 aromatic carbocycles. The average Bonchev–Trinajstić information content (AvgIpc) is 3.24. The van der Waals surface area contributed by atoms with Crippen LogP contribution in [0.1, 0.15) is 44.8 Å². The number of rotatable bonds is 12. The van der Waals surface area contributed by atoms with Gasteiger partial charge in [0.1, 0.15) is 29.6 Å². The van der Waals surface area contributed by atoms with Crippen LogP contribution in [-0.2, 0) is 21.4 Å². The van der Waals surface area contributed by atoms with E-state index in [1.807, 2.05) is 6.92 Å². The molecule has 0 amide bonds. The fraction of sp³-hybridized carbons (Fsp3) is 0.455. The lowest BCUT2D eigenvalue weighted by Gasteiger charge is -2.21. The van der Waals surface area contributed by atoms with Crippen LogP contribution in [-0.4, -0.2) is 59.2 Å². The molecule has 190 valence electrons. The van der Waals surface area contributed by atoms with Crippen LogP contribution < -0.4 is 14.2 Å². The van der Waals surface area contributed by atoms with Crippen molar-refractivity contribution in [3.63, 3.8) is 0 Å². The summed E-state index contributed by atoms with van der Waals surface area (Å²) < 4.78 is 47.6. The number of halogens is 1. The molecule has 2 aromatic heterocycles. The molecule has 0 spiro atoms. The highest BCUT2D eigenvalue weighted by Gasteiger charge is 2.32. The van der Waals surface area contributed by atoms with E-state index in [4.69, 9.17) is 25.8 Å². The number of nitrogens with zero attached hydrogens (tertiary/aromatic N) is 5. The highest BCUT2D eigenvalue weighted by molar-refractivity contribution is 7.93. The molecule has 0 aliphatic heterocycles. The Morgan fingerprint density at radius 1 is 1.09 bits per heavy atom. The van der Waals surface area contributed by atoms with Crippen LogP contribution in [0.15, 0.2) is 30.6 Å². The molecule has 2 heterocycles. The summed E-state index contributed by atoms with van der Waals surface area (Å²) in [6.45, 7) is 5.90. The molecule has 0 aliphatic carbocycles. The molecule has 0 unspecified atom stereocenters. The fourth-order valence-corrected chi connectivity index (χ4v) is 4.66. The van der Waals surface area contributed by atoms with E-state index in [0.29, 0.717) is 40.5 Å². The zero-order chi connectivity index (χ0) is 25.6. The van der Waals surface area contributed by atoms with Crippen LogP contribution in [0.5, 0.6) is 11.5 Å². The van der Waals surface area contributed by atoms with Gasteiger partial charge in [-0.05, 0) is 25.5 Å². The Morgan fingerprint density at radius 3 is 2.29 bits per heavy atom. The van der Waals surface area contributed by atoms with Crippen molar-refractivity contribution in [1.29, 1.82) is 0 Å². The third kappa shape index (κ3) is 6.00. The Bertz CT molecular complexity index is 1210. The van der Waals surface area contributed by atoms with Crippen molar-refractivity contribution in [2.75, 3.05) is 25.5 Å². The van der Waals surface area contributed by atoms with Gasteiger partial charge in [-0.15, -0.1) is 10.2 Å². The molecule has 0 bridgehead atoms. The van der Waals surface area contributed by atoms with E-state index >= 15 is 0 Å². The number of methoxy groups -OCH3 is 2. The summed E-state index contributed by atoms with van der Waals surface area (Å²) in [5.41, 5.74) is 0.442. The van der Waals surface area contributed by atoms with Crippen LogP contribution in [0, 0.1) is 0 Å². The minimum Gasteiger partial charge on any atom is -0.494 e. The van der Waals surface area contributed by atoms with Crippen LogP contribution >= 0.6 is 11.6 Å². The van der Waals surface area contributed by atoms with Gasteiger partial charge in [-0.3, -0.25) is 9.29 Å². The zero-order valence-corrected chi connectivity index (χ0v) is 21.8. The third-order valence-corrected chi connectivity index (χ3v) is 7.46. The molecular formula is C22H29ClN6O5S. The molecule has 0 radical (unpaired) electrons. The van der Waals surface area contributed by atoms with Crippen molar-refractivity contribution in [2.45, 2.75) is 45.0 Å². The summed E-state index contributed by atoms with van der Waals surface area (Å²) in [5.74, 6) is 1.05. The molecule has 3 aromatic rings. The van der Waals surface area contributed by atoms with Gasteiger partial charge in [0, 0.05) is 24.9 Å². The normalized spacial score (nSPS) is 13.3. The SMILES string of the molecule is CCCOCc1nnc(NS(=O)(=O)[C@@H](C)[C@H](C)c2ncc(Cl)cn2)n1-c1c(OC)cccc1OC. The van der Waals surface area contributed by atoms with E-state index in [9.17, 15) is 8.42 Å². The predicted molar refractivity (Wildman–Crippen MR) is 132 cm³/mol. The van der Waals surface area contributed by atoms with Crippen molar-refractivity contribution >= 4 is 27.6 Å². The largest absolute Gasteiger partial charge is 0.494 e.